The Labute approximate surface area is 238 Å². The molecular formula is C27H33IN10O. The Morgan fingerprint density at radius 2 is 1.79 bits per heavy atom. The van der Waals surface area contributed by atoms with Crippen LogP contribution in [0.5, 0.6) is 0 Å². The zero-order chi connectivity index (χ0) is 26.9. The van der Waals surface area contributed by atoms with Crippen LogP contribution in [0, 0.1) is 0 Å². The summed E-state index contributed by atoms with van der Waals surface area (Å²) in [5.41, 5.74) is 11.7. The number of nitrogens with two attached hydrogens (primary N) is 1. The lowest BCUT2D eigenvalue weighted by molar-refractivity contribution is 0.262. The molecule has 39 heavy (non-hydrogen) atoms. The van der Waals surface area contributed by atoms with E-state index in [1.54, 1.807) is 0 Å². The van der Waals surface area contributed by atoms with Crippen LogP contribution in [0.15, 0.2) is 45.6 Å². The molecular weight excluding hydrogens is 607 g/mol. The fourth-order valence-electron chi connectivity index (χ4n) is 5.22. The molecule has 1 saturated carbocycles. The third kappa shape index (κ3) is 5.62. The molecule has 0 bridgehead atoms. The minimum atomic E-state index is -0.526. The SMILES string of the molecule is CN(C)c1ccc(NC(=O)Nc2ccc3c(c2)CCN3c2nc(NC3CCC(N)CC3)nc3c2N=IN3)cc1. The first-order chi connectivity index (χ1) is 18.9. The van der Waals surface area contributed by atoms with E-state index < -0.39 is 21.3 Å². The average molecular weight is 641 g/mol. The summed E-state index contributed by atoms with van der Waals surface area (Å²) in [6.45, 7) is 0.790. The van der Waals surface area contributed by atoms with Gasteiger partial charge in [0.15, 0.2) is 17.3 Å². The average Bonchev–Trinajstić information content (AvgIpc) is 3.57. The number of anilines is 7. The van der Waals surface area contributed by atoms with Crippen LogP contribution in [-0.4, -0.2) is 48.7 Å². The Morgan fingerprint density at radius 3 is 2.56 bits per heavy atom. The van der Waals surface area contributed by atoms with Gasteiger partial charge in [-0.2, -0.15) is 13.1 Å². The van der Waals surface area contributed by atoms with Crippen LogP contribution in [0.25, 0.3) is 0 Å². The van der Waals surface area contributed by atoms with E-state index in [4.69, 9.17) is 18.8 Å². The summed E-state index contributed by atoms with van der Waals surface area (Å²) < 4.78 is 8.13. The molecule has 2 aromatic carbocycles. The number of nitrogens with one attached hydrogen (secondary N) is 4. The molecule has 0 saturated heterocycles. The van der Waals surface area contributed by atoms with E-state index in [0.717, 1.165) is 84.3 Å². The van der Waals surface area contributed by atoms with E-state index in [1.165, 1.54) is 0 Å². The Kier molecular flexibility index (Phi) is 7.21. The summed E-state index contributed by atoms with van der Waals surface area (Å²) in [5.74, 6) is 2.28. The van der Waals surface area contributed by atoms with Crippen LogP contribution in [0.2, 0.25) is 0 Å². The molecule has 3 aliphatic rings. The van der Waals surface area contributed by atoms with Crippen LogP contribution in [0.3, 0.4) is 0 Å². The van der Waals surface area contributed by atoms with Crippen LogP contribution >= 0.6 is 21.3 Å². The number of urea groups is 1. The van der Waals surface area contributed by atoms with Gasteiger partial charge in [0.2, 0.25) is 5.95 Å². The second-order valence-corrected chi connectivity index (χ2v) is 11.9. The summed E-state index contributed by atoms with van der Waals surface area (Å²) in [5, 5.41) is 9.41. The van der Waals surface area contributed by atoms with E-state index in [-0.39, 0.29) is 6.03 Å². The number of aromatic nitrogens is 2. The molecule has 1 aromatic heterocycles. The summed E-state index contributed by atoms with van der Waals surface area (Å²) >= 11 is -0.526. The molecule has 0 atom stereocenters. The molecule has 0 spiro atoms. The largest absolute Gasteiger partial charge is 0.378 e. The maximum absolute atomic E-state index is 12.6. The maximum atomic E-state index is 12.6. The monoisotopic (exact) mass is 640 g/mol. The Balaban J connectivity index is 1.17. The minimum Gasteiger partial charge on any atom is -0.378 e. The van der Waals surface area contributed by atoms with E-state index in [1.807, 2.05) is 61.5 Å². The van der Waals surface area contributed by atoms with Crippen molar-refractivity contribution in [3.05, 3.63) is 48.0 Å². The summed E-state index contributed by atoms with van der Waals surface area (Å²) in [6, 6.07) is 14.1. The van der Waals surface area contributed by atoms with E-state index >= 15 is 0 Å². The number of fused-ring (bicyclic) bond motifs is 2. The van der Waals surface area contributed by atoms with Gasteiger partial charge >= 0.3 is 6.03 Å². The van der Waals surface area contributed by atoms with Gasteiger partial charge in [-0.25, -0.2) is 4.79 Å². The number of hydrogen-bond donors (Lipinski definition) is 5. The number of halogens is 1. The van der Waals surface area contributed by atoms with E-state index in [0.29, 0.717) is 18.0 Å². The molecule has 1 fully saturated rings. The molecule has 6 N–H and O–H groups in total. The van der Waals surface area contributed by atoms with Crippen molar-refractivity contribution in [2.24, 2.45) is 8.88 Å². The van der Waals surface area contributed by atoms with Gasteiger partial charge in [-0.3, -0.25) is 0 Å². The lowest BCUT2D eigenvalue weighted by Crippen LogP contribution is -2.33. The number of carbonyl (C=O) groups excluding carboxylic acids is 1. The highest BCUT2D eigenvalue weighted by molar-refractivity contribution is 14.2. The van der Waals surface area contributed by atoms with Gasteiger partial charge < -0.3 is 35.0 Å². The fourth-order valence-corrected chi connectivity index (χ4v) is 6.64. The Morgan fingerprint density at radius 1 is 1.05 bits per heavy atom. The van der Waals surface area contributed by atoms with Crippen LogP contribution in [-0.2, 0) is 6.42 Å². The number of carbonyl (C=O) groups is 1. The van der Waals surface area contributed by atoms with Crippen molar-refractivity contribution < 1.29 is 4.79 Å². The number of amides is 2. The topological polar surface area (TPSA) is 136 Å². The number of rotatable bonds is 6. The summed E-state index contributed by atoms with van der Waals surface area (Å²) in [6.07, 6.45) is 4.94. The summed E-state index contributed by atoms with van der Waals surface area (Å²) in [4.78, 5) is 26.6. The van der Waals surface area contributed by atoms with Crippen molar-refractivity contribution >= 4 is 73.4 Å². The van der Waals surface area contributed by atoms with Gasteiger partial charge in [-0.1, -0.05) is 0 Å². The number of nitrogens with zero attached hydrogens (tertiary/aromatic N) is 5. The van der Waals surface area contributed by atoms with Crippen LogP contribution < -0.4 is 35.0 Å². The highest BCUT2D eigenvalue weighted by Crippen LogP contribution is 2.46. The normalized spacial score (nSPS) is 19.4. The molecule has 0 radical (unpaired) electrons. The molecule has 2 amide bonds. The first-order valence-corrected chi connectivity index (χ1v) is 15.3. The zero-order valence-electron chi connectivity index (χ0n) is 22.0. The van der Waals surface area contributed by atoms with Gasteiger partial charge in [-0.15, -0.1) is 0 Å². The molecule has 3 aromatic rings. The third-order valence-electron chi connectivity index (χ3n) is 7.36. The van der Waals surface area contributed by atoms with E-state index in [9.17, 15) is 4.79 Å². The predicted molar refractivity (Wildman–Crippen MR) is 166 cm³/mol. The second kappa shape index (κ2) is 10.9. The van der Waals surface area contributed by atoms with Crippen molar-refractivity contribution in [2.45, 2.75) is 44.2 Å². The quantitative estimate of drug-likeness (QED) is 0.171. The molecule has 11 nitrogen and oxygen atoms in total. The van der Waals surface area contributed by atoms with Crippen LogP contribution in [0.1, 0.15) is 31.2 Å². The first-order valence-electron chi connectivity index (χ1n) is 13.2. The Hall–Kier alpha value is -3.52. The Bertz CT molecular complexity index is 1400. The lowest BCUT2D eigenvalue weighted by Gasteiger charge is -2.27. The van der Waals surface area contributed by atoms with Gasteiger partial charge in [0.1, 0.15) is 21.3 Å². The standard InChI is InChI=1S/C27H33IN10O/c1-37(2)21-10-7-19(8-11-21)31-27(39)32-20-9-12-22-16(15-20)13-14-38(22)25-23-24(36-28-35-23)33-26(34-25)30-18-5-3-17(29)4-6-18/h7-12,15,17-18H,3-6,13-14,29H2,1-2H3,(H2,31,32,39)(H2,30,33,34,35,36). The smallest absolute Gasteiger partial charge is 0.323 e. The van der Waals surface area contributed by atoms with Gasteiger partial charge in [-0.05, 0) is 80.1 Å². The van der Waals surface area contributed by atoms with Gasteiger partial charge in [0.25, 0.3) is 0 Å². The highest BCUT2D eigenvalue weighted by atomic mass is 127. The van der Waals surface area contributed by atoms with Crippen molar-refractivity contribution in [3.63, 3.8) is 0 Å². The van der Waals surface area contributed by atoms with E-state index in [2.05, 4.69) is 24.4 Å². The zero-order valence-corrected chi connectivity index (χ0v) is 24.2. The van der Waals surface area contributed by atoms with Crippen molar-refractivity contribution in [3.8, 4) is 0 Å². The molecule has 204 valence electrons. The predicted octanol–water partition coefficient (Wildman–Crippen LogP) is 5.69. The molecule has 3 heterocycles. The second-order valence-electron chi connectivity index (χ2n) is 10.4. The number of benzene rings is 2. The minimum absolute atomic E-state index is 0.274. The first kappa shape index (κ1) is 25.7. The maximum Gasteiger partial charge on any atom is 0.323 e. The van der Waals surface area contributed by atoms with Gasteiger partial charge in [0, 0.05) is 55.5 Å². The lowest BCUT2D eigenvalue weighted by atomic mass is 9.92. The number of hydrogen-bond acceptors (Lipinski definition) is 9. The molecule has 0 unspecified atom stereocenters. The molecule has 1 aliphatic carbocycles. The third-order valence-corrected chi connectivity index (χ3v) is 8.84. The summed E-state index contributed by atoms with van der Waals surface area (Å²) in [7, 11) is 3.97. The fraction of sp³-hybridized carbons (Fsp3) is 0.370. The molecule has 2 aliphatic heterocycles. The van der Waals surface area contributed by atoms with Gasteiger partial charge in [0.05, 0.1) is 0 Å². The van der Waals surface area contributed by atoms with Crippen molar-refractivity contribution in [2.75, 3.05) is 49.9 Å². The molecule has 12 heteroatoms. The molecule has 6 rings (SSSR count). The van der Waals surface area contributed by atoms with Crippen LogP contribution in [0.4, 0.5) is 50.8 Å². The van der Waals surface area contributed by atoms with Crippen molar-refractivity contribution in [1.29, 1.82) is 0 Å². The highest BCUT2D eigenvalue weighted by Gasteiger charge is 2.29. The van der Waals surface area contributed by atoms with Crippen molar-refractivity contribution in [1.82, 2.24) is 9.97 Å².